The SMILES string of the molecule is O=C(CNc1ccc(Oc2ccncc2)cc1)Nc1cc(Cl)cc(Cl)c1. The minimum absolute atomic E-state index is 0.106. The zero-order chi connectivity index (χ0) is 18.4. The van der Waals surface area contributed by atoms with Crippen molar-refractivity contribution in [3.05, 3.63) is 77.0 Å². The summed E-state index contributed by atoms with van der Waals surface area (Å²) in [6, 6.07) is 15.7. The Balaban J connectivity index is 1.52. The van der Waals surface area contributed by atoms with Gasteiger partial charge in [0.25, 0.3) is 0 Å². The van der Waals surface area contributed by atoms with Gasteiger partial charge in [-0.05, 0) is 54.6 Å². The fourth-order valence-corrected chi connectivity index (χ4v) is 2.72. The van der Waals surface area contributed by atoms with Crippen LogP contribution < -0.4 is 15.4 Å². The predicted octanol–water partition coefficient (Wildman–Crippen LogP) is 5.23. The van der Waals surface area contributed by atoms with Crippen LogP contribution in [0.5, 0.6) is 11.5 Å². The molecule has 0 unspecified atom stereocenters. The van der Waals surface area contributed by atoms with Crippen LogP contribution in [0.3, 0.4) is 0 Å². The smallest absolute Gasteiger partial charge is 0.243 e. The number of pyridine rings is 1. The van der Waals surface area contributed by atoms with Crippen LogP contribution >= 0.6 is 23.2 Å². The maximum absolute atomic E-state index is 12.0. The van der Waals surface area contributed by atoms with Gasteiger partial charge in [-0.15, -0.1) is 0 Å². The summed E-state index contributed by atoms with van der Waals surface area (Å²) < 4.78 is 5.69. The standard InChI is InChI=1S/C19H15Cl2N3O2/c20-13-9-14(21)11-16(10-13)24-19(25)12-23-15-1-3-17(4-2-15)26-18-5-7-22-8-6-18/h1-11,23H,12H2,(H,24,25). The van der Waals surface area contributed by atoms with Crippen LogP contribution in [-0.2, 0) is 4.79 Å². The summed E-state index contributed by atoms with van der Waals surface area (Å²) in [5.41, 5.74) is 1.35. The summed E-state index contributed by atoms with van der Waals surface area (Å²) in [5.74, 6) is 1.19. The number of rotatable bonds is 6. The average molecular weight is 388 g/mol. The molecule has 5 nitrogen and oxygen atoms in total. The molecule has 3 aromatic rings. The van der Waals surface area contributed by atoms with Gasteiger partial charge in [0, 0.05) is 33.8 Å². The topological polar surface area (TPSA) is 63.2 Å². The van der Waals surface area contributed by atoms with E-state index in [0.717, 1.165) is 5.69 Å². The number of carbonyl (C=O) groups is 1. The van der Waals surface area contributed by atoms with Crippen molar-refractivity contribution in [2.75, 3.05) is 17.2 Å². The first-order chi connectivity index (χ1) is 12.6. The number of benzene rings is 2. The van der Waals surface area contributed by atoms with Crippen molar-refractivity contribution in [2.45, 2.75) is 0 Å². The first-order valence-electron chi connectivity index (χ1n) is 7.76. The molecule has 0 aliphatic rings. The number of hydrogen-bond acceptors (Lipinski definition) is 4. The summed E-state index contributed by atoms with van der Waals surface area (Å²) in [5, 5.41) is 6.71. The molecule has 132 valence electrons. The van der Waals surface area contributed by atoms with E-state index < -0.39 is 0 Å². The fourth-order valence-electron chi connectivity index (χ4n) is 2.20. The quantitative estimate of drug-likeness (QED) is 0.607. The minimum atomic E-state index is -0.208. The second-order valence-electron chi connectivity index (χ2n) is 5.37. The number of halogens is 2. The third kappa shape index (κ3) is 5.37. The monoisotopic (exact) mass is 387 g/mol. The van der Waals surface area contributed by atoms with E-state index in [4.69, 9.17) is 27.9 Å². The van der Waals surface area contributed by atoms with Crippen molar-refractivity contribution < 1.29 is 9.53 Å². The van der Waals surface area contributed by atoms with Gasteiger partial charge in [-0.1, -0.05) is 23.2 Å². The van der Waals surface area contributed by atoms with Gasteiger partial charge in [-0.3, -0.25) is 9.78 Å². The number of ether oxygens (including phenoxy) is 1. The zero-order valence-electron chi connectivity index (χ0n) is 13.6. The van der Waals surface area contributed by atoms with E-state index in [1.54, 1.807) is 42.7 Å². The van der Waals surface area contributed by atoms with Gasteiger partial charge in [0.2, 0.25) is 5.91 Å². The van der Waals surface area contributed by atoms with Crippen LogP contribution in [0, 0.1) is 0 Å². The highest BCUT2D eigenvalue weighted by molar-refractivity contribution is 6.35. The summed E-state index contributed by atoms with van der Waals surface area (Å²) in [6.07, 6.45) is 3.33. The van der Waals surface area contributed by atoms with Crippen LogP contribution in [0.1, 0.15) is 0 Å². The highest BCUT2D eigenvalue weighted by Crippen LogP contribution is 2.23. The van der Waals surface area contributed by atoms with Crippen molar-refractivity contribution in [3.8, 4) is 11.5 Å². The minimum Gasteiger partial charge on any atom is -0.457 e. The molecule has 0 atom stereocenters. The number of nitrogens with one attached hydrogen (secondary N) is 2. The van der Waals surface area contributed by atoms with Crippen LogP contribution in [0.4, 0.5) is 11.4 Å². The number of carbonyl (C=O) groups excluding carboxylic acids is 1. The summed E-state index contributed by atoms with van der Waals surface area (Å²) in [6.45, 7) is 0.106. The third-order valence-corrected chi connectivity index (χ3v) is 3.78. The van der Waals surface area contributed by atoms with Crippen molar-refractivity contribution in [1.82, 2.24) is 4.98 Å². The largest absolute Gasteiger partial charge is 0.457 e. The molecular weight excluding hydrogens is 373 g/mol. The van der Waals surface area contributed by atoms with Crippen LogP contribution in [0.15, 0.2) is 67.0 Å². The Morgan fingerprint density at radius 3 is 2.15 bits per heavy atom. The van der Waals surface area contributed by atoms with E-state index in [-0.39, 0.29) is 12.5 Å². The van der Waals surface area contributed by atoms with E-state index >= 15 is 0 Å². The van der Waals surface area contributed by atoms with Gasteiger partial charge in [-0.2, -0.15) is 0 Å². The molecule has 2 N–H and O–H groups in total. The van der Waals surface area contributed by atoms with E-state index in [1.165, 1.54) is 0 Å². The van der Waals surface area contributed by atoms with Crippen molar-refractivity contribution in [1.29, 1.82) is 0 Å². The average Bonchev–Trinajstić information content (AvgIpc) is 2.61. The molecule has 3 rings (SSSR count). The second-order valence-corrected chi connectivity index (χ2v) is 6.24. The summed E-state index contributed by atoms with van der Waals surface area (Å²) >= 11 is 11.8. The normalized spacial score (nSPS) is 10.2. The van der Waals surface area contributed by atoms with Gasteiger partial charge in [0.1, 0.15) is 11.5 Å². The Morgan fingerprint density at radius 2 is 1.50 bits per heavy atom. The first-order valence-corrected chi connectivity index (χ1v) is 8.52. The molecule has 7 heteroatoms. The molecule has 0 radical (unpaired) electrons. The lowest BCUT2D eigenvalue weighted by atomic mass is 10.3. The van der Waals surface area contributed by atoms with Gasteiger partial charge in [0.15, 0.2) is 0 Å². The molecular formula is C19H15Cl2N3O2. The van der Waals surface area contributed by atoms with Gasteiger partial charge in [-0.25, -0.2) is 0 Å². The molecule has 2 aromatic carbocycles. The Labute approximate surface area is 160 Å². The van der Waals surface area contributed by atoms with E-state index in [0.29, 0.717) is 27.2 Å². The molecule has 0 bridgehead atoms. The van der Waals surface area contributed by atoms with Crippen molar-refractivity contribution in [3.63, 3.8) is 0 Å². The van der Waals surface area contributed by atoms with Crippen LogP contribution in [-0.4, -0.2) is 17.4 Å². The van der Waals surface area contributed by atoms with Gasteiger partial charge < -0.3 is 15.4 Å². The Hall–Kier alpha value is -2.76. The second kappa shape index (κ2) is 8.56. The molecule has 0 saturated carbocycles. The van der Waals surface area contributed by atoms with E-state index in [9.17, 15) is 4.79 Å². The molecule has 0 spiro atoms. The predicted molar refractivity (Wildman–Crippen MR) is 104 cm³/mol. The zero-order valence-corrected chi connectivity index (χ0v) is 15.1. The Bertz CT molecular complexity index is 867. The number of aromatic nitrogens is 1. The molecule has 1 heterocycles. The van der Waals surface area contributed by atoms with E-state index in [2.05, 4.69) is 15.6 Å². The van der Waals surface area contributed by atoms with Gasteiger partial charge >= 0.3 is 0 Å². The lowest BCUT2D eigenvalue weighted by Gasteiger charge is -2.10. The molecule has 0 saturated heterocycles. The van der Waals surface area contributed by atoms with Crippen LogP contribution in [0.25, 0.3) is 0 Å². The molecule has 0 aliphatic carbocycles. The molecule has 26 heavy (non-hydrogen) atoms. The maximum Gasteiger partial charge on any atom is 0.243 e. The summed E-state index contributed by atoms with van der Waals surface area (Å²) in [4.78, 5) is 16.0. The maximum atomic E-state index is 12.0. The molecule has 1 aromatic heterocycles. The van der Waals surface area contributed by atoms with E-state index in [1.807, 2.05) is 24.3 Å². The van der Waals surface area contributed by atoms with Crippen LogP contribution in [0.2, 0.25) is 10.0 Å². The molecule has 0 fully saturated rings. The summed E-state index contributed by atoms with van der Waals surface area (Å²) in [7, 11) is 0. The fraction of sp³-hybridized carbons (Fsp3) is 0.0526. The number of anilines is 2. The Kier molecular flexibility index (Phi) is 5.94. The molecule has 0 aliphatic heterocycles. The molecule has 1 amide bonds. The highest BCUT2D eigenvalue weighted by atomic mass is 35.5. The van der Waals surface area contributed by atoms with Gasteiger partial charge in [0.05, 0.1) is 6.54 Å². The number of nitrogens with zero attached hydrogens (tertiary/aromatic N) is 1. The number of hydrogen-bond donors (Lipinski definition) is 2. The Morgan fingerprint density at radius 1 is 0.885 bits per heavy atom. The number of amides is 1. The highest BCUT2D eigenvalue weighted by Gasteiger charge is 2.05. The lowest BCUT2D eigenvalue weighted by molar-refractivity contribution is -0.114. The third-order valence-electron chi connectivity index (χ3n) is 3.34. The lowest BCUT2D eigenvalue weighted by Crippen LogP contribution is -2.21. The first kappa shape index (κ1) is 18.0. The van der Waals surface area contributed by atoms with Crippen molar-refractivity contribution in [2.24, 2.45) is 0 Å². The van der Waals surface area contributed by atoms with Crippen molar-refractivity contribution >= 4 is 40.5 Å².